The van der Waals surface area contributed by atoms with Gasteiger partial charge in [-0.2, -0.15) is 0 Å². The van der Waals surface area contributed by atoms with Crippen LogP contribution in [0.3, 0.4) is 0 Å². The van der Waals surface area contributed by atoms with Gasteiger partial charge >= 0.3 is 0 Å². The van der Waals surface area contributed by atoms with Gasteiger partial charge in [-0.15, -0.1) is 0 Å². The maximum absolute atomic E-state index is 2.19. The topological polar surface area (TPSA) is 0 Å². The fourth-order valence-corrected chi connectivity index (χ4v) is 0. The summed E-state index contributed by atoms with van der Waals surface area (Å²) in [6.07, 6.45) is 0. The first-order chi connectivity index (χ1) is 2.00. The molecule has 1 heteroatoms. The Kier molecular flexibility index (Phi) is 4.41. The van der Waals surface area contributed by atoms with Crippen LogP contribution in [0.25, 0.3) is 0 Å². The van der Waals surface area contributed by atoms with Crippen molar-refractivity contribution < 1.29 is 20.0 Å². The SMILES string of the molecule is CC(C)(C)C.[3HH].[V]. The van der Waals surface area contributed by atoms with Gasteiger partial charge in [-0.3, -0.25) is 0 Å². The molecule has 0 spiro atoms. The molecule has 0 aromatic carbocycles. The molecular formula is C5H14V. The first kappa shape index (κ1) is 9.77. The summed E-state index contributed by atoms with van der Waals surface area (Å²) in [4.78, 5) is 0. The first-order valence-electron chi connectivity index (χ1n) is 2.00. The zero-order valence-corrected chi connectivity index (χ0v) is 6.34. The van der Waals surface area contributed by atoms with E-state index in [4.69, 9.17) is 0 Å². The second kappa shape index (κ2) is 2.71. The van der Waals surface area contributed by atoms with Crippen molar-refractivity contribution in [3.8, 4) is 0 Å². The van der Waals surface area contributed by atoms with E-state index >= 15 is 0 Å². The molecule has 0 aliphatic carbocycles. The summed E-state index contributed by atoms with van der Waals surface area (Å²) in [5, 5.41) is 0. The van der Waals surface area contributed by atoms with Gasteiger partial charge in [-0.25, -0.2) is 0 Å². The zero-order chi connectivity index (χ0) is 4.50. The Balaban J connectivity index is -0.0000000800. The van der Waals surface area contributed by atoms with Crippen LogP contribution in [-0.4, -0.2) is 0 Å². The number of hydrogen-bond donors (Lipinski definition) is 0. The molecule has 1 radical (unpaired) electrons. The van der Waals surface area contributed by atoms with Crippen molar-refractivity contribution in [1.29, 1.82) is 0 Å². The summed E-state index contributed by atoms with van der Waals surface area (Å²) >= 11 is 0. The van der Waals surface area contributed by atoms with Gasteiger partial charge < -0.3 is 0 Å². The Bertz CT molecular complexity index is 23.6. The van der Waals surface area contributed by atoms with Crippen LogP contribution in [0.4, 0.5) is 0 Å². The fourth-order valence-electron chi connectivity index (χ4n) is 0. The van der Waals surface area contributed by atoms with Crippen molar-refractivity contribution in [2.75, 3.05) is 0 Å². The van der Waals surface area contributed by atoms with Crippen molar-refractivity contribution in [2.24, 2.45) is 5.41 Å². The Morgan fingerprint density at radius 2 is 1.00 bits per heavy atom. The van der Waals surface area contributed by atoms with Gasteiger partial charge in [-0.1, -0.05) is 27.7 Å². The molecule has 6 heavy (non-hydrogen) atoms. The monoisotopic (exact) mass is 127 g/mol. The van der Waals surface area contributed by atoms with E-state index in [0.717, 1.165) is 0 Å². The Morgan fingerprint density at radius 1 is 1.00 bits per heavy atom. The predicted octanol–water partition coefficient (Wildman–Crippen LogP) is 2.30. The number of hydrogen-bond acceptors (Lipinski definition) is 0. The van der Waals surface area contributed by atoms with Crippen molar-refractivity contribution in [3.63, 3.8) is 0 Å². The van der Waals surface area contributed by atoms with E-state index in [1.54, 1.807) is 0 Å². The van der Waals surface area contributed by atoms with Crippen LogP contribution < -0.4 is 0 Å². The molecule has 0 saturated heterocycles. The van der Waals surface area contributed by atoms with Crippen LogP contribution in [0.15, 0.2) is 0 Å². The molecule has 0 saturated carbocycles. The summed E-state index contributed by atoms with van der Waals surface area (Å²) in [5.41, 5.74) is 0.500. The van der Waals surface area contributed by atoms with E-state index in [9.17, 15) is 0 Å². The Morgan fingerprint density at radius 3 is 1.00 bits per heavy atom. The Hall–Kier alpha value is 0.584. The molecule has 0 atom stereocenters. The molecule has 0 nitrogen and oxygen atoms in total. The zero-order valence-electron chi connectivity index (χ0n) is 4.95. The molecule has 0 N–H and O–H groups in total. The summed E-state index contributed by atoms with van der Waals surface area (Å²) in [5.74, 6) is 0. The molecule has 0 unspecified atom stereocenters. The summed E-state index contributed by atoms with van der Waals surface area (Å²) in [7, 11) is 0. The van der Waals surface area contributed by atoms with Crippen LogP contribution in [0, 0.1) is 5.41 Å². The maximum atomic E-state index is 2.19. The minimum atomic E-state index is 0. The Labute approximate surface area is 53.7 Å². The third-order valence-corrected chi connectivity index (χ3v) is 0. The molecule has 0 aliphatic rings. The molecule has 0 aliphatic heterocycles. The van der Waals surface area contributed by atoms with Gasteiger partial charge in [-0.05, 0) is 5.41 Å². The average molecular weight is 127 g/mol. The average Bonchev–Trinajstić information content (AvgIpc) is 0.722. The quantitative estimate of drug-likeness (QED) is 0.468. The van der Waals surface area contributed by atoms with Crippen molar-refractivity contribution in [2.45, 2.75) is 27.7 Å². The molecule has 0 aromatic rings. The van der Waals surface area contributed by atoms with Gasteiger partial charge in [0.25, 0.3) is 0 Å². The standard InChI is InChI=1S/C5H12.V.H2/c1-5(2,3)4;;/h1-4H3;;1H/i;;1+2. The van der Waals surface area contributed by atoms with Crippen LogP contribution in [-0.2, 0) is 18.6 Å². The molecule has 0 amide bonds. The van der Waals surface area contributed by atoms with E-state index in [2.05, 4.69) is 27.7 Å². The van der Waals surface area contributed by atoms with Crippen molar-refractivity contribution in [3.05, 3.63) is 0 Å². The predicted molar refractivity (Wildman–Crippen MR) is 27.2 cm³/mol. The van der Waals surface area contributed by atoms with Crippen molar-refractivity contribution >= 4 is 0 Å². The molecule has 0 aromatic heterocycles. The van der Waals surface area contributed by atoms with E-state index in [0.29, 0.717) is 5.41 Å². The molecule has 0 rings (SSSR count). The smallest absolute Gasteiger partial charge is 0 e. The summed E-state index contributed by atoms with van der Waals surface area (Å²) in [6.45, 7) is 8.75. The van der Waals surface area contributed by atoms with Crippen molar-refractivity contribution in [1.82, 2.24) is 0 Å². The van der Waals surface area contributed by atoms with Gasteiger partial charge in [0.2, 0.25) is 0 Å². The molecule has 0 heterocycles. The van der Waals surface area contributed by atoms with Gasteiger partial charge in [0, 0.05) is 20.0 Å². The second-order valence-electron chi connectivity index (χ2n) is 3.00. The third kappa shape index (κ3) is 172. The van der Waals surface area contributed by atoms with Gasteiger partial charge in [0.05, 0.1) is 0 Å². The summed E-state index contributed by atoms with van der Waals surface area (Å²) in [6, 6.07) is 0. The first-order valence-corrected chi connectivity index (χ1v) is 2.00. The largest absolute Gasteiger partial charge is 0.0604 e. The summed E-state index contributed by atoms with van der Waals surface area (Å²) < 4.78 is 0. The van der Waals surface area contributed by atoms with E-state index in [1.165, 1.54) is 0 Å². The van der Waals surface area contributed by atoms with E-state index in [1.807, 2.05) is 0 Å². The second-order valence-corrected chi connectivity index (χ2v) is 3.00. The number of rotatable bonds is 0. The maximum Gasteiger partial charge on any atom is 0 e. The van der Waals surface area contributed by atoms with Gasteiger partial charge in [0.1, 0.15) is 0 Å². The van der Waals surface area contributed by atoms with Gasteiger partial charge in [0.15, 0.2) is 0 Å². The molecule has 0 fully saturated rings. The van der Waals surface area contributed by atoms with E-state index in [-0.39, 0.29) is 20.0 Å². The van der Waals surface area contributed by atoms with Crippen LogP contribution in [0.1, 0.15) is 29.1 Å². The van der Waals surface area contributed by atoms with Crippen LogP contribution in [0.2, 0.25) is 0 Å². The minimum absolute atomic E-state index is 0. The molecular weight excluding hydrogens is 111 g/mol. The molecule has 39 valence electrons. The minimum Gasteiger partial charge on any atom is -0.0604 e. The molecule has 0 bridgehead atoms. The van der Waals surface area contributed by atoms with Crippen LogP contribution >= 0.6 is 0 Å². The normalized spacial score (nSPS) is 10.0. The van der Waals surface area contributed by atoms with E-state index < -0.39 is 0 Å². The third-order valence-electron chi connectivity index (χ3n) is 0. The van der Waals surface area contributed by atoms with Crippen LogP contribution in [0.5, 0.6) is 0 Å². The fraction of sp³-hybridized carbons (Fsp3) is 1.00.